The molecule has 1 amide bonds. The summed E-state index contributed by atoms with van der Waals surface area (Å²) in [6, 6.07) is 6.90. The van der Waals surface area contributed by atoms with Gasteiger partial charge >= 0.3 is 0 Å². The van der Waals surface area contributed by atoms with Crippen LogP contribution in [0.2, 0.25) is 0 Å². The number of hydrogen-bond acceptors (Lipinski definition) is 5. The fourth-order valence-electron chi connectivity index (χ4n) is 2.54. The third kappa shape index (κ3) is 5.82. The van der Waals surface area contributed by atoms with Gasteiger partial charge in [0.1, 0.15) is 5.84 Å². The Balaban J connectivity index is 1.68. The molecule has 0 saturated carbocycles. The minimum absolute atomic E-state index is 0.0458. The predicted octanol–water partition coefficient (Wildman–Crippen LogP) is 1.14. The van der Waals surface area contributed by atoms with Crippen LogP contribution in [-0.4, -0.2) is 39.3 Å². The first kappa shape index (κ1) is 19.4. The van der Waals surface area contributed by atoms with Crippen molar-refractivity contribution in [1.82, 2.24) is 10.0 Å². The average Bonchev–Trinajstić information content (AvgIpc) is 2.82. The maximum atomic E-state index is 12.0. The first-order valence-corrected chi connectivity index (χ1v) is 10.1. The topological polar surface area (TPSA) is 114 Å². The van der Waals surface area contributed by atoms with Gasteiger partial charge < -0.3 is 11.1 Å². The number of nitrogens with one attached hydrogen (secondary N) is 2. The Kier molecular flexibility index (Phi) is 6.95. The lowest BCUT2D eigenvalue weighted by atomic mass is 10.1. The molecular weight excluding hydrogens is 340 g/mol. The quantitative estimate of drug-likeness (QED) is 0.569. The van der Waals surface area contributed by atoms with Gasteiger partial charge in [0, 0.05) is 31.1 Å². The number of amides is 1. The van der Waals surface area contributed by atoms with Crippen LogP contribution in [0.5, 0.6) is 0 Å². The van der Waals surface area contributed by atoms with E-state index in [2.05, 4.69) is 15.0 Å². The van der Waals surface area contributed by atoms with Crippen LogP contribution in [0.3, 0.4) is 0 Å². The van der Waals surface area contributed by atoms with Crippen molar-refractivity contribution in [3.05, 3.63) is 29.8 Å². The van der Waals surface area contributed by atoms with E-state index in [1.54, 1.807) is 24.3 Å². The fourth-order valence-corrected chi connectivity index (χ4v) is 3.79. The molecule has 7 nitrogen and oxygen atoms in total. The van der Waals surface area contributed by atoms with Crippen LogP contribution in [0.15, 0.2) is 34.2 Å². The lowest BCUT2D eigenvalue weighted by molar-refractivity contribution is -0.121. The third-order valence-corrected chi connectivity index (χ3v) is 5.31. The van der Waals surface area contributed by atoms with E-state index >= 15 is 0 Å². The lowest BCUT2D eigenvalue weighted by Crippen LogP contribution is -2.28. The Hall–Kier alpha value is -1.93. The number of aliphatic imine (C=N–C) groups is 1. The number of nitrogens with two attached hydrogens (primary N) is 1. The molecule has 1 unspecified atom stereocenters. The Morgan fingerprint density at radius 2 is 2.04 bits per heavy atom. The maximum Gasteiger partial charge on any atom is 0.263 e. The molecule has 0 fully saturated rings. The molecule has 8 heteroatoms. The van der Waals surface area contributed by atoms with Crippen molar-refractivity contribution in [2.45, 2.75) is 50.0 Å². The minimum atomic E-state index is -3.47. The number of hydrogen-bond donors (Lipinski definition) is 3. The molecule has 0 spiro atoms. The molecule has 1 atom stereocenters. The highest BCUT2D eigenvalue weighted by Crippen LogP contribution is 2.22. The Morgan fingerprint density at radius 3 is 2.80 bits per heavy atom. The van der Waals surface area contributed by atoms with Gasteiger partial charge in [-0.15, -0.1) is 0 Å². The zero-order valence-electron chi connectivity index (χ0n) is 14.5. The fraction of sp³-hybridized carbons (Fsp3) is 0.529. The predicted molar refractivity (Wildman–Crippen MR) is 97.9 cm³/mol. The zero-order chi connectivity index (χ0) is 18.3. The average molecular weight is 366 g/mol. The molecule has 1 aliphatic rings. The molecule has 138 valence electrons. The molecule has 1 aromatic carbocycles. The highest BCUT2D eigenvalue weighted by Gasteiger charge is 2.29. The van der Waals surface area contributed by atoms with Gasteiger partial charge in [-0.25, -0.2) is 8.42 Å². The Labute approximate surface area is 149 Å². The van der Waals surface area contributed by atoms with Crippen molar-refractivity contribution in [3.63, 3.8) is 0 Å². The summed E-state index contributed by atoms with van der Waals surface area (Å²) < 4.78 is 26.4. The number of benzene rings is 1. The normalized spacial score (nSPS) is 17.8. The molecule has 1 heterocycles. The summed E-state index contributed by atoms with van der Waals surface area (Å²) in [7, 11) is -3.47. The van der Waals surface area contributed by atoms with Gasteiger partial charge in [0.2, 0.25) is 5.91 Å². The SMILES string of the molecule is CC(N)CCNC(=O)CCCCCN=C1NS(=O)(=O)c2ccccc21. The number of nitrogens with zero attached hydrogens (tertiary/aromatic N) is 1. The van der Waals surface area contributed by atoms with Crippen LogP contribution in [0.1, 0.15) is 44.6 Å². The van der Waals surface area contributed by atoms with E-state index in [1.807, 2.05) is 6.92 Å². The number of amidine groups is 1. The van der Waals surface area contributed by atoms with Crippen molar-refractivity contribution >= 4 is 21.8 Å². The van der Waals surface area contributed by atoms with Crippen molar-refractivity contribution in [2.24, 2.45) is 10.7 Å². The van der Waals surface area contributed by atoms with Crippen LogP contribution < -0.4 is 15.8 Å². The van der Waals surface area contributed by atoms with E-state index in [4.69, 9.17) is 5.73 Å². The first-order valence-electron chi connectivity index (χ1n) is 8.59. The molecule has 0 aromatic heterocycles. The van der Waals surface area contributed by atoms with Gasteiger partial charge in [0.05, 0.1) is 4.90 Å². The second-order valence-corrected chi connectivity index (χ2v) is 7.91. The highest BCUT2D eigenvalue weighted by molar-refractivity contribution is 7.90. The monoisotopic (exact) mass is 366 g/mol. The highest BCUT2D eigenvalue weighted by atomic mass is 32.2. The van der Waals surface area contributed by atoms with E-state index < -0.39 is 10.0 Å². The van der Waals surface area contributed by atoms with E-state index in [0.29, 0.717) is 30.9 Å². The van der Waals surface area contributed by atoms with Crippen LogP contribution >= 0.6 is 0 Å². The van der Waals surface area contributed by atoms with Gasteiger partial charge in [-0.1, -0.05) is 18.6 Å². The van der Waals surface area contributed by atoms with Crippen molar-refractivity contribution < 1.29 is 13.2 Å². The third-order valence-electron chi connectivity index (χ3n) is 3.92. The maximum absolute atomic E-state index is 12.0. The second kappa shape index (κ2) is 8.96. The number of unbranched alkanes of at least 4 members (excludes halogenated alkanes) is 2. The zero-order valence-corrected chi connectivity index (χ0v) is 15.3. The summed E-state index contributed by atoms with van der Waals surface area (Å²) in [6.45, 7) is 3.05. The van der Waals surface area contributed by atoms with Crippen molar-refractivity contribution in [2.75, 3.05) is 13.1 Å². The molecule has 0 saturated heterocycles. The number of sulfonamides is 1. The van der Waals surface area contributed by atoms with E-state index in [-0.39, 0.29) is 16.8 Å². The summed E-state index contributed by atoms with van der Waals surface area (Å²) >= 11 is 0. The van der Waals surface area contributed by atoms with E-state index in [1.165, 1.54) is 0 Å². The van der Waals surface area contributed by atoms with Gasteiger partial charge in [-0.05, 0) is 38.3 Å². The van der Waals surface area contributed by atoms with Gasteiger partial charge in [0.25, 0.3) is 10.0 Å². The molecule has 0 aliphatic carbocycles. The molecule has 0 bridgehead atoms. The standard InChI is InChI=1S/C17H26N4O3S/c1-13(18)10-12-19-16(22)9-3-2-6-11-20-17-14-7-4-5-8-15(14)25(23,24)21-17/h4-5,7-8,13H,2-3,6,9-12,18H2,1H3,(H,19,22)(H,20,21). The minimum Gasteiger partial charge on any atom is -0.356 e. The molecule has 4 N–H and O–H groups in total. The van der Waals surface area contributed by atoms with Gasteiger partial charge in [0.15, 0.2) is 0 Å². The molecule has 0 radical (unpaired) electrons. The van der Waals surface area contributed by atoms with Crippen LogP contribution in [0, 0.1) is 0 Å². The molecular formula is C17H26N4O3S. The van der Waals surface area contributed by atoms with E-state index in [9.17, 15) is 13.2 Å². The second-order valence-electron chi connectivity index (χ2n) is 6.26. The first-order chi connectivity index (χ1) is 11.9. The van der Waals surface area contributed by atoms with Crippen molar-refractivity contribution in [3.8, 4) is 0 Å². The molecule has 2 rings (SSSR count). The number of carbonyl (C=O) groups excluding carboxylic acids is 1. The van der Waals surface area contributed by atoms with Crippen molar-refractivity contribution in [1.29, 1.82) is 0 Å². The van der Waals surface area contributed by atoms with Gasteiger partial charge in [-0.2, -0.15) is 0 Å². The van der Waals surface area contributed by atoms with Crippen LogP contribution in [0.25, 0.3) is 0 Å². The summed E-state index contributed by atoms with van der Waals surface area (Å²) in [5.74, 6) is 0.452. The molecule has 1 aromatic rings. The number of rotatable bonds is 9. The summed E-state index contributed by atoms with van der Waals surface area (Å²) in [5, 5.41) is 2.85. The number of fused-ring (bicyclic) bond motifs is 1. The molecule has 25 heavy (non-hydrogen) atoms. The summed E-state index contributed by atoms with van der Waals surface area (Å²) in [5.41, 5.74) is 6.25. The Morgan fingerprint density at radius 1 is 1.28 bits per heavy atom. The van der Waals surface area contributed by atoms with Crippen LogP contribution in [-0.2, 0) is 14.8 Å². The molecule has 1 aliphatic heterocycles. The van der Waals surface area contributed by atoms with Gasteiger partial charge in [-0.3, -0.25) is 14.5 Å². The lowest BCUT2D eigenvalue weighted by Gasteiger charge is -2.07. The largest absolute Gasteiger partial charge is 0.356 e. The summed E-state index contributed by atoms with van der Waals surface area (Å²) in [6.07, 6.45) is 3.73. The summed E-state index contributed by atoms with van der Waals surface area (Å²) in [4.78, 5) is 16.3. The van der Waals surface area contributed by atoms with E-state index in [0.717, 1.165) is 25.7 Å². The Bertz CT molecular complexity index is 729. The van der Waals surface area contributed by atoms with Crippen LogP contribution in [0.4, 0.5) is 0 Å². The number of carbonyl (C=O) groups is 1. The smallest absolute Gasteiger partial charge is 0.263 e.